The number of fused-ring (bicyclic) bond motifs is 2. The Kier molecular flexibility index (Phi) is 4.25. The summed E-state index contributed by atoms with van der Waals surface area (Å²) in [6.45, 7) is 2.07. The van der Waals surface area contributed by atoms with Crippen molar-refractivity contribution in [1.82, 2.24) is 15.0 Å². The lowest BCUT2D eigenvalue weighted by atomic mass is 9.91. The zero-order valence-corrected chi connectivity index (χ0v) is 15.5. The maximum absolute atomic E-state index is 11.2. The molecule has 1 aliphatic rings. The summed E-state index contributed by atoms with van der Waals surface area (Å²) in [5.74, 6) is 1.47. The van der Waals surface area contributed by atoms with Gasteiger partial charge in [0.05, 0.1) is 17.1 Å². The summed E-state index contributed by atoms with van der Waals surface area (Å²) in [5.41, 5.74) is 1.95. The van der Waals surface area contributed by atoms with Gasteiger partial charge in [-0.15, -0.1) is 0 Å². The average Bonchev–Trinajstić information content (AvgIpc) is 2.71. The van der Waals surface area contributed by atoms with Crippen molar-refractivity contribution in [2.75, 3.05) is 30.7 Å². The number of rotatable bonds is 4. The van der Waals surface area contributed by atoms with Crippen LogP contribution in [0.2, 0.25) is 0 Å². The van der Waals surface area contributed by atoms with E-state index < -0.39 is 5.60 Å². The van der Waals surface area contributed by atoms with Gasteiger partial charge in [0.25, 0.3) is 0 Å². The zero-order valence-electron chi connectivity index (χ0n) is 15.5. The van der Waals surface area contributed by atoms with Crippen molar-refractivity contribution >= 4 is 23.0 Å². The molecule has 1 aliphatic heterocycles. The number of ether oxygens (including phenoxy) is 1. The molecule has 0 spiro atoms. The van der Waals surface area contributed by atoms with E-state index in [-0.39, 0.29) is 0 Å². The van der Waals surface area contributed by atoms with Crippen LogP contribution < -0.4 is 9.80 Å². The highest BCUT2D eigenvalue weighted by atomic mass is 16.5. The summed E-state index contributed by atoms with van der Waals surface area (Å²) in [5, 5.41) is 11.2. The summed E-state index contributed by atoms with van der Waals surface area (Å²) in [7, 11) is 3.59. The van der Waals surface area contributed by atoms with E-state index in [2.05, 4.69) is 15.0 Å². The molecule has 4 rings (SSSR count). The van der Waals surface area contributed by atoms with Crippen LogP contribution in [0.4, 0.5) is 23.0 Å². The van der Waals surface area contributed by atoms with Gasteiger partial charge in [-0.1, -0.05) is 12.1 Å². The van der Waals surface area contributed by atoms with Gasteiger partial charge in [0, 0.05) is 32.7 Å². The first-order chi connectivity index (χ1) is 13.0. The molecule has 1 unspecified atom stereocenters. The van der Waals surface area contributed by atoms with Crippen LogP contribution >= 0.6 is 0 Å². The van der Waals surface area contributed by atoms with Crippen LogP contribution in [-0.2, 0) is 10.3 Å². The van der Waals surface area contributed by atoms with E-state index in [4.69, 9.17) is 4.74 Å². The second-order valence-corrected chi connectivity index (χ2v) is 6.60. The third kappa shape index (κ3) is 2.81. The fourth-order valence-corrected chi connectivity index (χ4v) is 3.36. The van der Waals surface area contributed by atoms with Gasteiger partial charge in [-0.3, -0.25) is 9.88 Å². The van der Waals surface area contributed by atoms with Crippen molar-refractivity contribution in [3.05, 3.63) is 66.2 Å². The molecule has 7 nitrogen and oxygen atoms in total. The first kappa shape index (κ1) is 17.4. The van der Waals surface area contributed by atoms with Gasteiger partial charge in [0.1, 0.15) is 12.3 Å². The predicted molar refractivity (Wildman–Crippen MR) is 103 cm³/mol. The summed E-state index contributed by atoms with van der Waals surface area (Å²) in [4.78, 5) is 17.2. The Balaban J connectivity index is 1.85. The van der Waals surface area contributed by atoms with Crippen molar-refractivity contribution < 1.29 is 9.84 Å². The molecule has 0 amide bonds. The second-order valence-electron chi connectivity index (χ2n) is 6.60. The lowest BCUT2D eigenvalue weighted by molar-refractivity contribution is 0.0974. The standard InChI is InChI=1S/C20H21N5O2/c1-20(26,17-6-4-5-9-21-17)14-7-8-15-16(12-14)25(13-27-3)19-18(24(15)2)22-10-11-23-19/h4-12,26H,13H2,1-3H3. The van der Waals surface area contributed by atoms with Crippen LogP contribution in [0.1, 0.15) is 18.2 Å². The second kappa shape index (κ2) is 6.61. The van der Waals surface area contributed by atoms with E-state index in [1.54, 1.807) is 32.6 Å². The third-order valence-electron chi connectivity index (χ3n) is 4.85. The first-order valence-corrected chi connectivity index (χ1v) is 8.63. The maximum Gasteiger partial charge on any atom is 0.178 e. The minimum absolute atomic E-state index is 0.321. The summed E-state index contributed by atoms with van der Waals surface area (Å²) in [6, 6.07) is 11.4. The molecule has 1 atom stereocenters. The topological polar surface area (TPSA) is 74.6 Å². The Morgan fingerprint density at radius 1 is 1.00 bits per heavy atom. The first-order valence-electron chi connectivity index (χ1n) is 8.63. The van der Waals surface area contributed by atoms with Gasteiger partial charge in [0.2, 0.25) is 0 Å². The Hall–Kier alpha value is -3.03. The molecule has 1 aromatic carbocycles. The number of anilines is 4. The molecule has 7 heteroatoms. The van der Waals surface area contributed by atoms with Gasteiger partial charge in [-0.25, -0.2) is 9.97 Å². The highest BCUT2D eigenvalue weighted by Gasteiger charge is 2.32. The van der Waals surface area contributed by atoms with Crippen molar-refractivity contribution in [3.8, 4) is 0 Å². The third-order valence-corrected chi connectivity index (χ3v) is 4.85. The van der Waals surface area contributed by atoms with E-state index in [9.17, 15) is 5.11 Å². The Morgan fingerprint density at radius 3 is 2.48 bits per heavy atom. The molecule has 3 aromatic rings. The Morgan fingerprint density at radius 2 is 1.78 bits per heavy atom. The average molecular weight is 363 g/mol. The summed E-state index contributed by atoms with van der Waals surface area (Å²) >= 11 is 0. The normalized spacial score (nSPS) is 15.1. The number of nitrogens with zero attached hydrogens (tertiary/aromatic N) is 5. The van der Waals surface area contributed by atoms with Crippen LogP contribution in [0, 0.1) is 0 Å². The van der Waals surface area contributed by atoms with Crippen molar-refractivity contribution in [1.29, 1.82) is 0 Å². The summed E-state index contributed by atoms with van der Waals surface area (Å²) < 4.78 is 5.41. The minimum Gasteiger partial charge on any atom is -0.379 e. The molecular formula is C20H21N5O2. The van der Waals surface area contributed by atoms with Crippen LogP contribution in [0.3, 0.4) is 0 Å². The maximum atomic E-state index is 11.2. The number of aromatic nitrogens is 3. The van der Waals surface area contributed by atoms with E-state index in [0.717, 1.165) is 22.8 Å². The number of methoxy groups -OCH3 is 1. The number of hydrogen-bond acceptors (Lipinski definition) is 7. The van der Waals surface area contributed by atoms with Crippen molar-refractivity contribution in [3.63, 3.8) is 0 Å². The Bertz CT molecular complexity index is 962. The molecule has 0 saturated carbocycles. The molecule has 2 aromatic heterocycles. The minimum atomic E-state index is -1.23. The monoisotopic (exact) mass is 363 g/mol. The number of benzene rings is 1. The molecule has 0 aliphatic carbocycles. The number of hydrogen-bond donors (Lipinski definition) is 1. The molecule has 0 fully saturated rings. The van der Waals surface area contributed by atoms with Crippen LogP contribution in [0.15, 0.2) is 55.0 Å². The SMILES string of the molecule is COCN1c2cc(C(C)(O)c3ccccn3)ccc2N(C)c2nccnc21. The number of pyridine rings is 1. The van der Waals surface area contributed by atoms with Gasteiger partial charge in [0.15, 0.2) is 11.6 Å². The lowest BCUT2D eigenvalue weighted by Gasteiger charge is -2.37. The predicted octanol–water partition coefficient (Wildman–Crippen LogP) is 2.95. The smallest absolute Gasteiger partial charge is 0.178 e. The highest BCUT2D eigenvalue weighted by molar-refractivity contribution is 5.89. The largest absolute Gasteiger partial charge is 0.379 e. The molecule has 0 bridgehead atoms. The van der Waals surface area contributed by atoms with Crippen molar-refractivity contribution in [2.24, 2.45) is 0 Å². The molecule has 3 heterocycles. The lowest BCUT2D eigenvalue weighted by Crippen LogP contribution is -2.31. The molecule has 0 radical (unpaired) electrons. The number of aliphatic hydroxyl groups is 1. The molecule has 0 saturated heterocycles. The van der Waals surface area contributed by atoms with Crippen molar-refractivity contribution in [2.45, 2.75) is 12.5 Å². The quantitative estimate of drug-likeness (QED) is 0.764. The van der Waals surface area contributed by atoms with Gasteiger partial charge < -0.3 is 14.7 Å². The highest BCUT2D eigenvalue weighted by Crippen LogP contribution is 2.46. The van der Waals surface area contributed by atoms with Gasteiger partial charge in [-0.2, -0.15) is 0 Å². The van der Waals surface area contributed by atoms with Crippen LogP contribution in [-0.4, -0.2) is 40.9 Å². The Labute approximate surface area is 157 Å². The molecular weight excluding hydrogens is 342 g/mol. The van der Waals surface area contributed by atoms with E-state index >= 15 is 0 Å². The molecule has 1 N–H and O–H groups in total. The summed E-state index contributed by atoms with van der Waals surface area (Å²) in [6.07, 6.45) is 5.01. The fourth-order valence-electron chi connectivity index (χ4n) is 3.36. The van der Waals surface area contributed by atoms with Gasteiger partial charge >= 0.3 is 0 Å². The van der Waals surface area contributed by atoms with Crippen LogP contribution in [0.25, 0.3) is 0 Å². The fraction of sp³-hybridized carbons (Fsp3) is 0.250. The van der Waals surface area contributed by atoms with E-state index in [1.165, 1.54) is 0 Å². The van der Waals surface area contributed by atoms with Crippen LogP contribution in [0.5, 0.6) is 0 Å². The zero-order chi connectivity index (χ0) is 19.0. The molecule has 27 heavy (non-hydrogen) atoms. The van der Waals surface area contributed by atoms with Gasteiger partial charge in [-0.05, 0) is 36.8 Å². The van der Waals surface area contributed by atoms with E-state index in [1.807, 2.05) is 53.2 Å². The van der Waals surface area contributed by atoms with E-state index in [0.29, 0.717) is 18.2 Å². The molecule has 138 valence electrons.